The third-order valence-electron chi connectivity index (χ3n) is 6.52. The number of amides is 1. The molecule has 0 radical (unpaired) electrons. The van der Waals surface area contributed by atoms with Gasteiger partial charge in [-0.1, -0.05) is 6.92 Å². The smallest absolute Gasteiger partial charge is 0.248 e. The molecule has 1 aromatic heterocycles. The molecule has 2 aliphatic heterocycles. The molecule has 1 saturated carbocycles. The highest BCUT2D eigenvalue weighted by molar-refractivity contribution is 5.78. The number of rotatable bonds is 8. The van der Waals surface area contributed by atoms with Crippen LogP contribution in [0.5, 0.6) is 0 Å². The van der Waals surface area contributed by atoms with Crippen molar-refractivity contribution in [3.63, 3.8) is 0 Å². The van der Waals surface area contributed by atoms with Crippen molar-refractivity contribution in [3.8, 4) is 0 Å². The van der Waals surface area contributed by atoms with E-state index >= 15 is 0 Å². The Morgan fingerprint density at radius 1 is 1.17 bits per heavy atom. The molecule has 1 aliphatic carbocycles. The number of hydrogen-bond donors (Lipinski definition) is 1. The summed E-state index contributed by atoms with van der Waals surface area (Å²) in [4.78, 5) is 25.9. The Kier molecular flexibility index (Phi) is 6.65. The number of aromatic nitrogens is 2. The van der Waals surface area contributed by atoms with Crippen molar-refractivity contribution in [1.82, 2.24) is 19.8 Å². The number of carbonyl (C=O) groups is 1. The second-order valence-corrected chi connectivity index (χ2v) is 8.98. The quantitative estimate of drug-likeness (QED) is 0.719. The molecule has 1 N–H and O–H groups in total. The molecule has 1 amide bonds. The molecule has 3 heterocycles. The first-order valence-electron chi connectivity index (χ1n) is 11.3. The SMILES string of the molecule is CCc1nc(NCC2CN(CC3CCN(CC4CC4)CC3)C(=O)CO2)ncc1C. The zero-order chi connectivity index (χ0) is 20.2. The van der Waals surface area contributed by atoms with E-state index in [9.17, 15) is 4.79 Å². The van der Waals surface area contributed by atoms with Gasteiger partial charge in [-0.3, -0.25) is 4.79 Å². The topological polar surface area (TPSA) is 70.6 Å². The summed E-state index contributed by atoms with van der Waals surface area (Å²) < 4.78 is 5.76. The molecule has 7 heteroatoms. The van der Waals surface area contributed by atoms with Gasteiger partial charge in [0, 0.05) is 38.1 Å². The van der Waals surface area contributed by atoms with Gasteiger partial charge in [-0.15, -0.1) is 0 Å². The van der Waals surface area contributed by atoms with Crippen LogP contribution < -0.4 is 5.32 Å². The van der Waals surface area contributed by atoms with Gasteiger partial charge in [0.25, 0.3) is 0 Å². The highest BCUT2D eigenvalue weighted by Crippen LogP contribution is 2.31. The molecule has 7 nitrogen and oxygen atoms in total. The van der Waals surface area contributed by atoms with Gasteiger partial charge >= 0.3 is 0 Å². The predicted molar refractivity (Wildman–Crippen MR) is 113 cm³/mol. The maximum Gasteiger partial charge on any atom is 0.248 e. The molecule has 29 heavy (non-hydrogen) atoms. The maximum atomic E-state index is 12.4. The number of carbonyl (C=O) groups excluding carboxylic acids is 1. The average Bonchev–Trinajstić information content (AvgIpc) is 3.55. The summed E-state index contributed by atoms with van der Waals surface area (Å²) in [6.07, 6.45) is 7.99. The maximum absolute atomic E-state index is 12.4. The van der Waals surface area contributed by atoms with E-state index < -0.39 is 0 Å². The molecule has 0 aromatic carbocycles. The van der Waals surface area contributed by atoms with Crippen molar-refractivity contribution in [2.75, 3.05) is 51.2 Å². The predicted octanol–water partition coefficient (Wildman–Crippen LogP) is 2.11. The lowest BCUT2D eigenvalue weighted by Gasteiger charge is -2.38. The highest BCUT2D eigenvalue weighted by Gasteiger charge is 2.31. The van der Waals surface area contributed by atoms with Crippen molar-refractivity contribution in [3.05, 3.63) is 17.5 Å². The summed E-state index contributed by atoms with van der Waals surface area (Å²) in [5.41, 5.74) is 2.18. The van der Waals surface area contributed by atoms with E-state index in [0.29, 0.717) is 25.0 Å². The van der Waals surface area contributed by atoms with Crippen molar-refractivity contribution >= 4 is 11.9 Å². The first kappa shape index (κ1) is 20.5. The second kappa shape index (κ2) is 9.39. The monoisotopic (exact) mass is 401 g/mol. The minimum atomic E-state index is -0.0161. The summed E-state index contributed by atoms with van der Waals surface area (Å²) >= 11 is 0. The number of morpholine rings is 1. The largest absolute Gasteiger partial charge is 0.365 e. The van der Waals surface area contributed by atoms with E-state index in [1.54, 1.807) is 0 Å². The van der Waals surface area contributed by atoms with Gasteiger partial charge in [0.2, 0.25) is 11.9 Å². The molecule has 0 spiro atoms. The number of nitrogens with zero attached hydrogens (tertiary/aromatic N) is 4. The minimum Gasteiger partial charge on any atom is -0.365 e. The molecular formula is C22H35N5O2. The van der Waals surface area contributed by atoms with Crippen LogP contribution in [0.4, 0.5) is 5.95 Å². The molecule has 1 aromatic rings. The third-order valence-corrected chi connectivity index (χ3v) is 6.52. The van der Waals surface area contributed by atoms with Crippen molar-refractivity contribution in [2.45, 2.75) is 52.1 Å². The van der Waals surface area contributed by atoms with E-state index in [2.05, 4.69) is 27.1 Å². The van der Waals surface area contributed by atoms with Crippen LogP contribution in [0, 0.1) is 18.8 Å². The third kappa shape index (κ3) is 5.66. The van der Waals surface area contributed by atoms with Crippen LogP contribution in [-0.2, 0) is 16.0 Å². The number of nitrogens with one attached hydrogen (secondary N) is 1. The normalized spacial score (nSPS) is 24.1. The van der Waals surface area contributed by atoms with Gasteiger partial charge in [0.15, 0.2) is 0 Å². The molecular weight excluding hydrogens is 366 g/mol. The molecule has 160 valence electrons. The summed E-state index contributed by atoms with van der Waals surface area (Å²) in [6.45, 7) is 10.1. The Hall–Kier alpha value is -1.73. The van der Waals surface area contributed by atoms with Crippen molar-refractivity contribution < 1.29 is 9.53 Å². The van der Waals surface area contributed by atoms with Crippen molar-refractivity contribution in [1.29, 1.82) is 0 Å². The van der Waals surface area contributed by atoms with Gasteiger partial charge in [-0.2, -0.15) is 0 Å². The molecule has 1 unspecified atom stereocenters. The fourth-order valence-corrected chi connectivity index (χ4v) is 4.43. The standard InChI is InChI=1S/C22H35N5O2/c1-3-20-16(2)10-23-22(25-20)24-11-19-14-27(21(28)15-29-19)13-18-6-8-26(9-7-18)12-17-4-5-17/h10,17-19H,3-9,11-15H2,1-2H3,(H,23,24,25). The molecule has 1 atom stereocenters. The van der Waals surface area contributed by atoms with Gasteiger partial charge in [0.1, 0.15) is 6.61 Å². The average molecular weight is 402 g/mol. The minimum absolute atomic E-state index is 0.0161. The summed E-state index contributed by atoms with van der Waals surface area (Å²) in [7, 11) is 0. The van der Waals surface area contributed by atoms with Crippen molar-refractivity contribution in [2.24, 2.45) is 11.8 Å². The zero-order valence-corrected chi connectivity index (χ0v) is 17.9. The van der Waals surface area contributed by atoms with Crippen LogP contribution in [0.1, 0.15) is 43.9 Å². The van der Waals surface area contributed by atoms with E-state index in [4.69, 9.17) is 4.74 Å². The number of aryl methyl sites for hydroxylation is 2. The Morgan fingerprint density at radius 3 is 2.66 bits per heavy atom. The van der Waals surface area contributed by atoms with Crippen LogP contribution in [0.3, 0.4) is 0 Å². The number of likely N-dealkylation sites (tertiary alicyclic amines) is 1. The zero-order valence-electron chi connectivity index (χ0n) is 17.9. The fraction of sp³-hybridized carbons (Fsp3) is 0.773. The first-order chi connectivity index (χ1) is 14.1. The second-order valence-electron chi connectivity index (χ2n) is 8.98. The van der Waals surface area contributed by atoms with Crippen LogP contribution >= 0.6 is 0 Å². The van der Waals surface area contributed by atoms with Gasteiger partial charge < -0.3 is 19.9 Å². The van der Waals surface area contributed by atoms with E-state index in [1.165, 1.54) is 45.3 Å². The summed E-state index contributed by atoms with van der Waals surface area (Å²) in [5, 5.41) is 3.29. The van der Waals surface area contributed by atoms with Crippen LogP contribution in [-0.4, -0.2) is 77.7 Å². The molecule has 3 aliphatic rings. The molecule has 2 saturated heterocycles. The van der Waals surface area contributed by atoms with Crippen LogP contribution in [0.25, 0.3) is 0 Å². The van der Waals surface area contributed by atoms with Crippen LogP contribution in [0.15, 0.2) is 6.20 Å². The molecule has 0 bridgehead atoms. The Morgan fingerprint density at radius 2 is 1.93 bits per heavy atom. The van der Waals surface area contributed by atoms with E-state index in [-0.39, 0.29) is 18.6 Å². The number of ether oxygens (including phenoxy) is 1. The first-order valence-corrected chi connectivity index (χ1v) is 11.3. The molecule has 3 fully saturated rings. The Balaban J connectivity index is 1.23. The van der Waals surface area contributed by atoms with Gasteiger partial charge in [-0.05, 0) is 69.5 Å². The summed E-state index contributed by atoms with van der Waals surface area (Å²) in [5.74, 6) is 2.35. The number of piperidine rings is 1. The van der Waals surface area contributed by atoms with Gasteiger partial charge in [-0.25, -0.2) is 9.97 Å². The highest BCUT2D eigenvalue weighted by atomic mass is 16.5. The Labute approximate surface area is 174 Å². The summed E-state index contributed by atoms with van der Waals surface area (Å²) in [6, 6.07) is 0. The van der Waals surface area contributed by atoms with Gasteiger partial charge in [0.05, 0.1) is 6.10 Å². The lowest BCUT2D eigenvalue weighted by atomic mass is 9.95. The molecule has 4 rings (SSSR count). The lowest BCUT2D eigenvalue weighted by molar-refractivity contribution is -0.149. The number of hydrogen-bond acceptors (Lipinski definition) is 6. The fourth-order valence-electron chi connectivity index (χ4n) is 4.43. The Bertz CT molecular complexity index is 700. The van der Waals surface area contributed by atoms with Crippen LogP contribution in [0.2, 0.25) is 0 Å². The lowest BCUT2D eigenvalue weighted by Crippen LogP contribution is -2.51. The van der Waals surface area contributed by atoms with E-state index in [1.807, 2.05) is 18.0 Å². The van der Waals surface area contributed by atoms with E-state index in [0.717, 1.165) is 30.1 Å². The number of anilines is 1.